The number of fused-ring (bicyclic) bond motifs is 1. The standard InChI is InChI=1S/C17H18N4O/c1-2-13-7-3-4-8-14(13)18-17(22)11-12-21-16-10-6-5-9-15(16)19-20-21/h3-10H,2,11-12H2,1H3,(H,18,22). The molecule has 3 rings (SSSR count). The minimum absolute atomic E-state index is 0.0134. The van der Waals surface area contributed by atoms with Crippen molar-refractivity contribution in [1.29, 1.82) is 0 Å². The van der Waals surface area contributed by atoms with Crippen LogP contribution in [-0.4, -0.2) is 20.9 Å². The summed E-state index contributed by atoms with van der Waals surface area (Å²) in [7, 11) is 0. The summed E-state index contributed by atoms with van der Waals surface area (Å²) in [6.45, 7) is 2.59. The molecule has 2 aromatic carbocycles. The van der Waals surface area contributed by atoms with E-state index in [1.54, 1.807) is 4.68 Å². The van der Waals surface area contributed by atoms with Crippen molar-refractivity contribution in [2.45, 2.75) is 26.3 Å². The average Bonchev–Trinajstić information content (AvgIpc) is 2.97. The molecule has 22 heavy (non-hydrogen) atoms. The summed E-state index contributed by atoms with van der Waals surface area (Å²) in [6.07, 6.45) is 1.26. The molecule has 0 fully saturated rings. The Morgan fingerprint density at radius 2 is 1.91 bits per heavy atom. The predicted octanol–water partition coefficient (Wildman–Crippen LogP) is 3.02. The zero-order chi connectivity index (χ0) is 15.4. The number of para-hydroxylation sites is 2. The maximum Gasteiger partial charge on any atom is 0.226 e. The van der Waals surface area contributed by atoms with Crippen molar-refractivity contribution in [2.75, 3.05) is 5.32 Å². The molecule has 5 heteroatoms. The number of aromatic nitrogens is 3. The monoisotopic (exact) mass is 294 g/mol. The number of hydrogen-bond donors (Lipinski definition) is 1. The molecule has 112 valence electrons. The van der Waals surface area contributed by atoms with E-state index in [1.165, 1.54) is 0 Å². The van der Waals surface area contributed by atoms with Crippen LogP contribution in [0.5, 0.6) is 0 Å². The number of benzene rings is 2. The second-order valence-electron chi connectivity index (χ2n) is 5.11. The van der Waals surface area contributed by atoms with Gasteiger partial charge in [0.1, 0.15) is 5.52 Å². The first-order valence-electron chi connectivity index (χ1n) is 7.44. The average molecular weight is 294 g/mol. The number of nitrogens with zero attached hydrogens (tertiary/aromatic N) is 3. The van der Waals surface area contributed by atoms with Crippen LogP contribution in [0, 0.1) is 0 Å². The number of carbonyl (C=O) groups excluding carboxylic acids is 1. The van der Waals surface area contributed by atoms with E-state index in [0.29, 0.717) is 13.0 Å². The lowest BCUT2D eigenvalue weighted by atomic mass is 10.1. The molecule has 0 aliphatic carbocycles. The Hall–Kier alpha value is -2.69. The third-order valence-electron chi connectivity index (χ3n) is 3.64. The van der Waals surface area contributed by atoms with Gasteiger partial charge in [0.25, 0.3) is 0 Å². The van der Waals surface area contributed by atoms with Crippen LogP contribution in [0.3, 0.4) is 0 Å². The Morgan fingerprint density at radius 3 is 2.77 bits per heavy atom. The molecule has 0 atom stereocenters. The second kappa shape index (κ2) is 6.39. The highest BCUT2D eigenvalue weighted by Crippen LogP contribution is 2.16. The third-order valence-corrected chi connectivity index (χ3v) is 3.64. The molecule has 1 aromatic heterocycles. The van der Waals surface area contributed by atoms with Crippen molar-refractivity contribution in [2.24, 2.45) is 0 Å². The first kappa shape index (κ1) is 14.3. The number of amides is 1. The maximum atomic E-state index is 12.1. The van der Waals surface area contributed by atoms with Crippen LogP contribution in [0.1, 0.15) is 18.9 Å². The molecular formula is C17H18N4O. The highest BCUT2D eigenvalue weighted by atomic mass is 16.1. The topological polar surface area (TPSA) is 59.8 Å². The fourth-order valence-corrected chi connectivity index (χ4v) is 2.45. The number of rotatable bonds is 5. The number of hydrogen-bond acceptors (Lipinski definition) is 3. The number of carbonyl (C=O) groups is 1. The molecule has 5 nitrogen and oxygen atoms in total. The van der Waals surface area contributed by atoms with E-state index in [2.05, 4.69) is 22.6 Å². The molecular weight excluding hydrogens is 276 g/mol. The molecule has 1 amide bonds. The lowest BCUT2D eigenvalue weighted by Crippen LogP contribution is -2.16. The minimum Gasteiger partial charge on any atom is -0.326 e. The van der Waals surface area contributed by atoms with E-state index in [-0.39, 0.29) is 5.91 Å². The minimum atomic E-state index is -0.0134. The van der Waals surface area contributed by atoms with Crippen LogP contribution in [0.25, 0.3) is 11.0 Å². The summed E-state index contributed by atoms with van der Waals surface area (Å²) in [5.41, 5.74) is 3.82. The molecule has 0 saturated carbocycles. The fraction of sp³-hybridized carbons (Fsp3) is 0.235. The Labute approximate surface area is 129 Å². The molecule has 1 heterocycles. The molecule has 0 saturated heterocycles. The highest BCUT2D eigenvalue weighted by Gasteiger charge is 2.08. The zero-order valence-corrected chi connectivity index (χ0v) is 12.5. The highest BCUT2D eigenvalue weighted by molar-refractivity contribution is 5.91. The largest absolute Gasteiger partial charge is 0.326 e. The van der Waals surface area contributed by atoms with Crippen molar-refractivity contribution in [3.05, 3.63) is 54.1 Å². The molecule has 3 aromatic rings. The van der Waals surface area contributed by atoms with E-state index in [1.807, 2.05) is 48.5 Å². The summed E-state index contributed by atoms with van der Waals surface area (Å²) in [5.74, 6) is -0.0134. The Balaban J connectivity index is 1.65. The van der Waals surface area contributed by atoms with E-state index in [0.717, 1.165) is 28.7 Å². The normalized spacial score (nSPS) is 10.8. The van der Waals surface area contributed by atoms with E-state index in [9.17, 15) is 4.79 Å². The van der Waals surface area contributed by atoms with Crippen molar-refractivity contribution in [3.63, 3.8) is 0 Å². The van der Waals surface area contributed by atoms with E-state index < -0.39 is 0 Å². The van der Waals surface area contributed by atoms with Gasteiger partial charge >= 0.3 is 0 Å². The summed E-state index contributed by atoms with van der Waals surface area (Å²) >= 11 is 0. The first-order chi connectivity index (χ1) is 10.8. The molecule has 0 bridgehead atoms. The first-order valence-corrected chi connectivity index (χ1v) is 7.44. The van der Waals surface area contributed by atoms with E-state index in [4.69, 9.17) is 0 Å². The van der Waals surface area contributed by atoms with Gasteiger partial charge in [-0.3, -0.25) is 4.79 Å². The summed E-state index contributed by atoms with van der Waals surface area (Å²) in [5, 5.41) is 11.2. The van der Waals surface area contributed by atoms with Crippen molar-refractivity contribution >= 4 is 22.6 Å². The Morgan fingerprint density at radius 1 is 1.14 bits per heavy atom. The SMILES string of the molecule is CCc1ccccc1NC(=O)CCn1nnc2ccccc21. The second-order valence-corrected chi connectivity index (χ2v) is 5.11. The third kappa shape index (κ3) is 2.98. The van der Waals surface area contributed by atoms with Gasteiger partial charge in [-0.05, 0) is 30.2 Å². The molecule has 0 spiro atoms. The van der Waals surface area contributed by atoms with Crippen LogP contribution in [0.2, 0.25) is 0 Å². The molecule has 0 aliphatic heterocycles. The van der Waals surface area contributed by atoms with Crippen LogP contribution < -0.4 is 5.32 Å². The predicted molar refractivity (Wildman–Crippen MR) is 86.6 cm³/mol. The lowest BCUT2D eigenvalue weighted by Gasteiger charge is -2.09. The van der Waals surface area contributed by atoms with Gasteiger partial charge in [-0.25, -0.2) is 4.68 Å². The van der Waals surface area contributed by atoms with Gasteiger partial charge in [-0.1, -0.05) is 42.5 Å². The van der Waals surface area contributed by atoms with Crippen LogP contribution in [-0.2, 0) is 17.8 Å². The zero-order valence-electron chi connectivity index (χ0n) is 12.5. The van der Waals surface area contributed by atoms with Gasteiger partial charge < -0.3 is 5.32 Å². The number of aryl methyl sites for hydroxylation is 2. The quantitative estimate of drug-likeness (QED) is 0.787. The van der Waals surface area contributed by atoms with Crippen molar-refractivity contribution in [3.8, 4) is 0 Å². The summed E-state index contributed by atoms with van der Waals surface area (Å²) < 4.78 is 1.76. The Kier molecular flexibility index (Phi) is 4.14. The van der Waals surface area contributed by atoms with Crippen LogP contribution >= 0.6 is 0 Å². The van der Waals surface area contributed by atoms with Crippen LogP contribution in [0.15, 0.2) is 48.5 Å². The van der Waals surface area contributed by atoms with Crippen molar-refractivity contribution < 1.29 is 4.79 Å². The molecule has 1 N–H and O–H groups in total. The summed E-state index contributed by atoms with van der Waals surface area (Å²) in [6, 6.07) is 15.6. The fourth-order valence-electron chi connectivity index (χ4n) is 2.45. The number of nitrogens with one attached hydrogen (secondary N) is 1. The van der Waals surface area contributed by atoms with Gasteiger partial charge in [0.15, 0.2) is 0 Å². The maximum absolute atomic E-state index is 12.1. The number of anilines is 1. The molecule has 0 aliphatic rings. The van der Waals surface area contributed by atoms with Gasteiger partial charge in [0, 0.05) is 12.1 Å². The van der Waals surface area contributed by atoms with Crippen molar-refractivity contribution in [1.82, 2.24) is 15.0 Å². The van der Waals surface area contributed by atoms with E-state index >= 15 is 0 Å². The van der Waals surface area contributed by atoms with Crippen LogP contribution in [0.4, 0.5) is 5.69 Å². The Bertz CT molecular complexity index is 794. The summed E-state index contributed by atoms with van der Waals surface area (Å²) in [4.78, 5) is 12.1. The smallest absolute Gasteiger partial charge is 0.226 e. The lowest BCUT2D eigenvalue weighted by molar-refractivity contribution is -0.116. The molecule has 0 radical (unpaired) electrons. The molecule has 0 unspecified atom stereocenters. The van der Waals surface area contributed by atoms with Gasteiger partial charge in [0.05, 0.1) is 12.1 Å². The van der Waals surface area contributed by atoms with Gasteiger partial charge in [-0.2, -0.15) is 0 Å². The van der Waals surface area contributed by atoms with Gasteiger partial charge in [0.2, 0.25) is 5.91 Å². The van der Waals surface area contributed by atoms with Gasteiger partial charge in [-0.15, -0.1) is 5.10 Å².